The van der Waals surface area contributed by atoms with Crippen LogP contribution in [0.1, 0.15) is 38.2 Å². The number of benzene rings is 1. The normalized spacial score (nSPS) is 16.9. The molecule has 1 heterocycles. The molecule has 20 heavy (non-hydrogen) atoms. The van der Waals surface area contributed by atoms with Crippen LogP contribution in [0.5, 0.6) is 5.75 Å². The van der Waals surface area contributed by atoms with E-state index in [1.165, 1.54) is 19.4 Å². The molecule has 1 aliphatic heterocycles. The number of rotatable bonds is 5. The maximum atomic E-state index is 8.82. The van der Waals surface area contributed by atoms with E-state index in [-0.39, 0.29) is 6.10 Å². The molecule has 4 heteroatoms. The van der Waals surface area contributed by atoms with Gasteiger partial charge in [0.15, 0.2) is 0 Å². The molecule has 0 aliphatic carbocycles. The molecule has 0 saturated carbocycles. The number of hydrogen-bond acceptors (Lipinski definition) is 3. The van der Waals surface area contributed by atoms with Crippen molar-refractivity contribution in [2.75, 3.05) is 19.6 Å². The molecule has 0 aromatic heterocycles. The first kappa shape index (κ1) is 15.2. The van der Waals surface area contributed by atoms with E-state index in [1.807, 2.05) is 0 Å². The van der Waals surface area contributed by atoms with Crippen molar-refractivity contribution in [3.8, 4) is 11.8 Å². The van der Waals surface area contributed by atoms with Crippen LogP contribution in [-0.2, 0) is 0 Å². The molecule has 108 valence electrons. The Morgan fingerprint density at radius 1 is 1.40 bits per heavy atom. The van der Waals surface area contributed by atoms with Crippen LogP contribution >= 0.6 is 11.6 Å². The van der Waals surface area contributed by atoms with E-state index in [9.17, 15) is 0 Å². The molecule has 3 nitrogen and oxygen atoms in total. The summed E-state index contributed by atoms with van der Waals surface area (Å²) in [6, 6.07) is 7.28. The number of halogens is 1. The number of nitrogens with zero attached hydrogens (tertiary/aromatic N) is 2. The van der Waals surface area contributed by atoms with Gasteiger partial charge in [-0.3, -0.25) is 0 Å². The highest BCUT2D eigenvalue weighted by Crippen LogP contribution is 2.28. The number of likely N-dealkylation sites (tertiary alicyclic amines) is 1. The fourth-order valence-electron chi connectivity index (χ4n) is 2.48. The Morgan fingerprint density at radius 2 is 2.15 bits per heavy atom. The number of hydrogen-bond donors (Lipinski definition) is 0. The van der Waals surface area contributed by atoms with Crippen molar-refractivity contribution in [1.82, 2.24) is 4.90 Å². The van der Waals surface area contributed by atoms with Gasteiger partial charge in [-0.15, -0.1) is 0 Å². The smallest absolute Gasteiger partial charge is 0.138 e. The molecule has 0 atom stereocenters. The lowest BCUT2D eigenvalue weighted by Gasteiger charge is -2.32. The minimum Gasteiger partial charge on any atom is -0.489 e. The van der Waals surface area contributed by atoms with E-state index in [1.54, 1.807) is 18.2 Å². The van der Waals surface area contributed by atoms with Gasteiger partial charge in [0.05, 0.1) is 16.7 Å². The van der Waals surface area contributed by atoms with Gasteiger partial charge in [-0.25, -0.2) is 0 Å². The Labute approximate surface area is 126 Å². The fourth-order valence-corrected chi connectivity index (χ4v) is 2.70. The molecule has 0 bridgehead atoms. The van der Waals surface area contributed by atoms with Crippen molar-refractivity contribution in [3.05, 3.63) is 28.8 Å². The third-order valence-electron chi connectivity index (χ3n) is 3.72. The zero-order valence-electron chi connectivity index (χ0n) is 11.9. The minimum absolute atomic E-state index is 0.235. The largest absolute Gasteiger partial charge is 0.489 e. The van der Waals surface area contributed by atoms with Gasteiger partial charge < -0.3 is 9.64 Å². The van der Waals surface area contributed by atoms with Gasteiger partial charge in [-0.1, -0.05) is 24.9 Å². The second kappa shape index (κ2) is 7.52. The van der Waals surface area contributed by atoms with E-state index >= 15 is 0 Å². The van der Waals surface area contributed by atoms with Gasteiger partial charge in [-0.2, -0.15) is 5.26 Å². The lowest BCUT2D eigenvalue weighted by Crippen LogP contribution is -2.38. The van der Waals surface area contributed by atoms with Crippen molar-refractivity contribution in [1.29, 1.82) is 5.26 Å². The van der Waals surface area contributed by atoms with Gasteiger partial charge in [0.25, 0.3) is 0 Å². The fraction of sp³-hybridized carbons (Fsp3) is 0.562. The molecule has 0 spiro atoms. The topological polar surface area (TPSA) is 36.3 Å². The molecule has 1 aromatic carbocycles. The van der Waals surface area contributed by atoms with Gasteiger partial charge >= 0.3 is 0 Å². The van der Waals surface area contributed by atoms with Crippen molar-refractivity contribution in [3.63, 3.8) is 0 Å². The van der Waals surface area contributed by atoms with Gasteiger partial charge in [0.1, 0.15) is 11.9 Å². The van der Waals surface area contributed by atoms with E-state index in [4.69, 9.17) is 21.6 Å². The average Bonchev–Trinajstić information content (AvgIpc) is 2.48. The van der Waals surface area contributed by atoms with Crippen LogP contribution in [0, 0.1) is 11.3 Å². The zero-order chi connectivity index (χ0) is 14.4. The van der Waals surface area contributed by atoms with Crippen molar-refractivity contribution in [2.45, 2.75) is 38.7 Å². The van der Waals surface area contributed by atoms with Crippen LogP contribution in [-0.4, -0.2) is 30.6 Å². The monoisotopic (exact) mass is 292 g/mol. The Hall–Kier alpha value is -1.24. The second-order valence-corrected chi connectivity index (χ2v) is 5.68. The quantitative estimate of drug-likeness (QED) is 0.827. The lowest BCUT2D eigenvalue weighted by molar-refractivity contribution is 0.0999. The number of nitriles is 1. The summed E-state index contributed by atoms with van der Waals surface area (Å²) in [6.45, 7) is 5.61. The maximum absolute atomic E-state index is 8.82. The van der Waals surface area contributed by atoms with Crippen molar-refractivity contribution < 1.29 is 4.74 Å². The highest BCUT2D eigenvalue weighted by atomic mass is 35.5. The standard InChI is InChI=1S/C16H21ClN2O/c1-2-3-8-19-9-6-14(7-10-19)20-16-5-4-13(12-18)11-15(16)17/h4-5,11,14H,2-3,6-10H2,1H3. The molecule has 2 rings (SSSR count). The maximum Gasteiger partial charge on any atom is 0.138 e. The first-order chi connectivity index (χ1) is 9.72. The summed E-state index contributed by atoms with van der Waals surface area (Å²) in [5, 5.41) is 9.34. The Bertz CT molecular complexity index is 476. The second-order valence-electron chi connectivity index (χ2n) is 5.27. The highest BCUT2D eigenvalue weighted by molar-refractivity contribution is 6.32. The van der Waals surface area contributed by atoms with Crippen LogP contribution in [0.15, 0.2) is 18.2 Å². The lowest BCUT2D eigenvalue weighted by atomic mass is 10.1. The van der Waals surface area contributed by atoms with E-state index < -0.39 is 0 Å². The molecule has 1 saturated heterocycles. The third-order valence-corrected chi connectivity index (χ3v) is 4.01. The van der Waals surface area contributed by atoms with Gasteiger partial charge in [0.2, 0.25) is 0 Å². The Kier molecular flexibility index (Phi) is 5.70. The molecule has 1 aliphatic rings. The predicted molar refractivity (Wildman–Crippen MR) is 81.2 cm³/mol. The number of ether oxygens (including phenoxy) is 1. The van der Waals surface area contributed by atoms with Crippen molar-refractivity contribution >= 4 is 11.6 Å². The summed E-state index contributed by atoms with van der Waals surface area (Å²) < 4.78 is 5.97. The molecule has 1 fully saturated rings. The number of piperidine rings is 1. The van der Waals surface area contributed by atoms with E-state index in [0.29, 0.717) is 16.3 Å². The summed E-state index contributed by atoms with van der Waals surface area (Å²) in [7, 11) is 0. The third kappa shape index (κ3) is 4.13. The van der Waals surface area contributed by atoms with Crippen molar-refractivity contribution in [2.24, 2.45) is 0 Å². The molecular weight excluding hydrogens is 272 g/mol. The molecular formula is C16H21ClN2O. The molecule has 0 amide bonds. The Balaban J connectivity index is 1.85. The molecule has 0 unspecified atom stereocenters. The predicted octanol–water partition coefficient (Wildman–Crippen LogP) is 3.85. The van der Waals surface area contributed by atoms with Crippen LogP contribution in [0.25, 0.3) is 0 Å². The van der Waals surface area contributed by atoms with E-state index in [0.717, 1.165) is 25.9 Å². The first-order valence-electron chi connectivity index (χ1n) is 7.31. The highest BCUT2D eigenvalue weighted by Gasteiger charge is 2.20. The average molecular weight is 293 g/mol. The van der Waals surface area contributed by atoms with E-state index in [2.05, 4.69) is 17.9 Å². The van der Waals surface area contributed by atoms with Crippen LogP contribution in [0.3, 0.4) is 0 Å². The Morgan fingerprint density at radius 3 is 2.75 bits per heavy atom. The SMILES string of the molecule is CCCCN1CCC(Oc2ccc(C#N)cc2Cl)CC1. The summed E-state index contributed by atoms with van der Waals surface area (Å²) in [4.78, 5) is 2.50. The summed E-state index contributed by atoms with van der Waals surface area (Å²) in [5.74, 6) is 0.692. The minimum atomic E-state index is 0.235. The molecule has 0 N–H and O–H groups in total. The van der Waals surface area contributed by atoms with Gasteiger partial charge in [0, 0.05) is 13.1 Å². The molecule has 0 radical (unpaired) electrons. The number of unbranched alkanes of at least 4 members (excludes halogenated alkanes) is 1. The van der Waals surface area contributed by atoms with Crippen LogP contribution < -0.4 is 4.74 Å². The van der Waals surface area contributed by atoms with Gasteiger partial charge in [-0.05, 0) is 44.0 Å². The first-order valence-corrected chi connectivity index (χ1v) is 7.69. The van der Waals surface area contributed by atoms with Crippen LogP contribution in [0.2, 0.25) is 5.02 Å². The summed E-state index contributed by atoms with van der Waals surface area (Å²) >= 11 is 6.14. The summed E-state index contributed by atoms with van der Waals surface area (Å²) in [6.07, 6.45) is 4.84. The summed E-state index contributed by atoms with van der Waals surface area (Å²) in [5.41, 5.74) is 0.566. The molecule has 1 aromatic rings. The zero-order valence-corrected chi connectivity index (χ0v) is 12.7. The van der Waals surface area contributed by atoms with Crippen LogP contribution in [0.4, 0.5) is 0 Å².